The molecule has 0 unspecified atom stereocenters. The number of nitrogens with one attached hydrogen (secondary N) is 2. The minimum atomic E-state index is -4.41. The monoisotopic (exact) mass is 228 g/mol. The number of alkyl carbamates (subject to hydrolysis) is 1. The van der Waals surface area contributed by atoms with Crippen molar-refractivity contribution in [3.63, 3.8) is 0 Å². The van der Waals surface area contributed by atoms with Crippen LogP contribution in [-0.4, -0.2) is 38.0 Å². The zero-order chi connectivity index (χ0) is 11.9. The van der Waals surface area contributed by atoms with Crippen LogP contribution in [0.2, 0.25) is 0 Å². The lowest BCUT2D eigenvalue weighted by atomic mass is 10.4. The highest BCUT2D eigenvalue weighted by atomic mass is 19.4. The number of carbonyl (C=O) groups excluding carboxylic acids is 1. The number of alkyl halides is 3. The molecule has 0 aromatic carbocycles. The minimum absolute atomic E-state index is 0.0435. The van der Waals surface area contributed by atoms with Crippen LogP contribution in [0.15, 0.2) is 0 Å². The number of hydrogen-bond donors (Lipinski definition) is 2. The van der Waals surface area contributed by atoms with Crippen molar-refractivity contribution in [3.8, 4) is 0 Å². The van der Waals surface area contributed by atoms with Crippen LogP contribution in [0.4, 0.5) is 18.0 Å². The van der Waals surface area contributed by atoms with E-state index in [1.54, 1.807) is 5.32 Å². The highest BCUT2D eigenvalue weighted by molar-refractivity contribution is 5.67. The summed E-state index contributed by atoms with van der Waals surface area (Å²) < 4.78 is 39.4. The second kappa shape index (κ2) is 6.49. The maximum Gasteiger partial charge on any atom is 0.407 e. The Morgan fingerprint density at radius 2 is 2.00 bits per heavy atom. The van der Waals surface area contributed by atoms with Crippen molar-refractivity contribution in [2.75, 3.05) is 19.7 Å². The Kier molecular flexibility index (Phi) is 6.07. The molecule has 0 radical (unpaired) electrons. The summed E-state index contributed by atoms with van der Waals surface area (Å²) in [5, 5.41) is 4.54. The normalized spacial score (nSPS) is 11.6. The van der Waals surface area contributed by atoms with E-state index in [-0.39, 0.29) is 12.6 Å². The van der Waals surface area contributed by atoms with Crippen molar-refractivity contribution in [1.29, 1.82) is 0 Å². The Morgan fingerprint density at radius 1 is 1.40 bits per heavy atom. The molecule has 0 aliphatic carbocycles. The van der Waals surface area contributed by atoms with E-state index >= 15 is 0 Å². The van der Waals surface area contributed by atoms with Crippen LogP contribution < -0.4 is 10.6 Å². The van der Waals surface area contributed by atoms with Gasteiger partial charge in [-0.25, -0.2) is 4.79 Å². The molecular weight excluding hydrogens is 213 g/mol. The summed E-state index contributed by atoms with van der Waals surface area (Å²) in [4.78, 5) is 10.7. The number of hydrogen-bond acceptors (Lipinski definition) is 3. The van der Waals surface area contributed by atoms with Crippen LogP contribution in [-0.2, 0) is 4.74 Å². The average Bonchev–Trinajstić information content (AvgIpc) is 2.07. The third-order valence-electron chi connectivity index (χ3n) is 1.32. The van der Waals surface area contributed by atoms with Crippen molar-refractivity contribution in [1.82, 2.24) is 10.6 Å². The summed E-state index contributed by atoms with van der Waals surface area (Å²) in [6, 6.07) is 0.242. The molecule has 0 aliphatic rings. The highest BCUT2D eigenvalue weighted by Gasteiger charge is 2.27. The molecule has 0 bridgehead atoms. The smallest absolute Gasteiger partial charge is 0.407 e. The topological polar surface area (TPSA) is 50.4 Å². The number of rotatable bonds is 5. The van der Waals surface area contributed by atoms with Crippen LogP contribution in [0.1, 0.15) is 13.8 Å². The van der Waals surface area contributed by atoms with Crippen LogP contribution in [0.3, 0.4) is 0 Å². The standard InChI is InChI=1S/C8H15F3N2O2/c1-6(2)12-3-4-15-7(14)13-5-8(9,10)11/h6,12H,3-5H2,1-2H3,(H,13,14). The van der Waals surface area contributed by atoms with Crippen LogP contribution in [0.5, 0.6) is 0 Å². The fraction of sp³-hybridized carbons (Fsp3) is 0.875. The van der Waals surface area contributed by atoms with Crippen molar-refractivity contribution in [3.05, 3.63) is 0 Å². The van der Waals surface area contributed by atoms with Crippen LogP contribution >= 0.6 is 0 Å². The molecule has 0 atom stereocenters. The molecule has 4 nitrogen and oxygen atoms in total. The molecule has 90 valence electrons. The van der Waals surface area contributed by atoms with Gasteiger partial charge in [-0.2, -0.15) is 13.2 Å². The van der Waals surface area contributed by atoms with Gasteiger partial charge in [-0.1, -0.05) is 13.8 Å². The second-order valence-corrected chi connectivity index (χ2v) is 3.21. The first-order valence-corrected chi connectivity index (χ1v) is 4.52. The lowest BCUT2D eigenvalue weighted by Crippen LogP contribution is -2.35. The zero-order valence-corrected chi connectivity index (χ0v) is 8.65. The second-order valence-electron chi connectivity index (χ2n) is 3.21. The number of amides is 1. The summed E-state index contributed by atoms with van der Waals surface area (Å²) in [6.45, 7) is 2.90. The SMILES string of the molecule is CC(C)NCCOC(=O)NCC(F)(F)F. The molecular formula is C8H15F3N2O2. The summed E-state index contributed by atoms with van der Waals surface area (Å²) in [5.41, 5.74) is 0. The van der Waals surface area contributed by atoms with Gasteiger partial charge in [0.05, 0.1) is 0 Å². The number of ether oxygens (including phenoxy) is 1. The largest absolute Gasteiger partial charge is 0.448 e. The third kappa shape index (κ3) is 10.9. The van der Waals surface area contributed by atoms with Gasteiger partial charge in [0.15, 0.2) is 0 Å². The first-order chi connectivity index (χ1) is 6.81. The Morgan fingerprint density at radius 3 is 2.47 bits per heavy atom. The van der Waals surface area contributed by atoms with Crippen molar-refractivity contribution >= 4 is 6.09 Å². The van der Waals surface area contributed by atoms with E-state index in [2.05, 4.69) is 10.1 Å². The van der Waals surface area contributed by atoms with E-state index in [0.717, 1.165) is 0 Å². The molecule has 0 spiro atoms. The lowest BCUT2D eigenvalue weighted by molar-refractivity contribution is -0.123. The van der Waals surface area contributed by atoms with E-state index in [1.807, 2.05) is 13.8 Å². The van der Waals surface area contributed by atoms with Crippen molar-refractivity contribution in [2.24, 2.45) is 0 Å². The van der Waals surface area contributed by atoms with Crippen molar-refractivity contribution < 1.29 is 22.7 Å². The molecule has 0 heterocycles. The maximum absolute atomic E-state index is 11.6. The first kappa shape index (κ1) is 14.0. The van der Waals surface area contributed by atoms with Gasteiger partial charge in [-0.15, -0.1) is 0 Å². The van der Waals surface area contributed by atoms with E-state index in [4.69, 9.17) is 0 Å². The average molecular weight is 228 g/mol. The third-order valence-corrected chi connectivity index (χ3v) is 1.32. The van der Waals surface area contributed by atoms with Gasteiger partial charge in [0.25, 0.3) is 0 Å². The predicted molar refractivity (Wildman–Crippen MR) is 48.5 cm³/mol. The Balaban J connectivity index is 3.42. The van der Waals surface area contributed by atoms with Gasteiger partial charge in [-0.05, 0) is 0 Å². The van der Waals surface area contributed by atoms with Gasteiger partial charge in [0.1, 0.15) is 13.2 Å². The molecule has 0 fully saturated rings. The van der Waals surface area contributed by atoms with Gasteiger partial charge in [-0.3, -0.25) is 0 Å². The molecule has 2 N–H and O–H groups in total. The molecule has 15 heavy (non-hydrogen) atoms. The highest BCUT2D eigenvalue weighted by Crippen LogP contribution is 2.11. The first-order valence-electron chi connectivity index (χ1n) is 4.52. The molecule has 0 aliphatic heterocycles. The summed E-state index contributed by atoms with van der Waals surface area (Å²) in [7, 11) is 0. The molecule has 0 saturated heterocycles. The fourth-order valence-corrected chi connectivity index (χ4v) is 0.715. The summed E-state index contributed by atoms with van der Waals surface area (Å²) in [6.07, 6.45) is -5.47. The summed E-state index contributed by atoms with van der Waals surface area (Å²) in [5.74, 6) is 0. The van der Waals surface area contributed by atoms with E-state index in [9.17, 15) is 18.0 Å². The van der Waals surface area contributed by atoms with Gasteiger partial charge >= 0.3 is 12.3 Å². The Labute approximate surface area is 86.2 Å². The van der Waals surface area contributed by atoms with Gasteiger partial charge in [0.2, 0.25) is 0 Å². The molecule has 0 aromatic heterocycles. The number of halogens is 3. The molecule has 1 amide bonds. The Bertz CT molecular complexity index is 195. The minimum Gasteiger partial charge on any atom is -0.448 e. The zero-order valence-electron chi connectivity index (χ0n) is 8.65. The number of carbonyl (C=O) groups is 1. The van der Waals surface area contributed by atoms with E-state index < -0.39 is 18.8 Å². The maximum atomic E-state index is 11.6. The van der Waals surface area contributed by atoms with E-state index in [1.165, 1.54) is 0 Å². The predicted octanol–water partition coefficient (Wildman–Crippen LogP) is 1.27. The molecule has 0 rings (SSSR count). The van der Waals surface area contributed by atoms with Crippen molar-refractivity contribution in [2.45, 2.75) is 26.1 Å². The van der Waals surface area contributed by atoms with Gasteiger partial charge in [0, 0.05) is 12.6 Å². The summed E-state index contributed by atoms with van der Waals surface area (Å²) >= 11 is 0. The van der Waals surface area contributed by atoms with Gasteiger partial charge < -0.3 is 15.4 Å². The molecule has 0 saturated carbocycles. The van der Waals surface area contributed by atoms with Crippen LogP contribution in [0.25, 0.3) is 0 Å². The molecule has 0 aromatic rings. The molecule has 7 heteroatoms. The Hall–Kier alpha value is -0.980. The van der Waals surface area contributed by atoms with Crippen LogP contribution in [0, 0.1) is 0 Å². The lowest BCUT2D eigenvalue weighted by Gasteiger charge is -2.10. The quantitative estimate of drug-likeness (QED) is 0.697. The fourth-order valence-electron chi connectivity index (χ4n) is 0.715. The van der Waals surface area contributed by atoms with E-state index in [0.29, 0.717) is 6.54 Å².